The van der Waals surface area contributed by atoms with Gasteiger partial charge in [-0.25, -0.2) is 0 Å². The SMILES string of the molecule is COc1ccc2cc3[n+](cc2c1)CCc1cc2c(c(OC)c1-3)OCO2. The first-order chi connectivity index (χ1) is 12.3. The average molecular weight is 336 g/mol. The molecule has 0 N–H and O–H groups in total. The highest BCUT2D eigenvalue weighted by Crippen LogP contribution is 2.49. The zero-order valence-corrected chi connectivity index (χ0v) is 14.2. The summed E-state index contributed by atoms with van der Waals surface area (Å²) in [5.74, 6) is 3.09. The van der Waals surface area contributed by atoms with E-state index < -0.39 is 0 Å². The molecule has 5 rings (SSSR count). The second kappa shape index (κ2) is 5.28. The molecule has 0 fully saturated rings. The molecule has 2 aromatic carbocycles. The third kappa shape index (κ3) is 2.05. The van der Waals surface area contributed by atoms with Crippen molar-refractivity contribution in [1.29, 1.82) is 0 Å². The van der Waals surface area contributed by atoms with Crippen LogP contribution < -0.4 is 23.5 Å². The number of hydrogen-bond acceptors (Lipinski definition) is 4. The lowest BCUT2D eigenvalue weighted by molar-refractivity contribution is -0.686. The third-order valence-corrected chi connectivity index (χ3v) is 4.97. The van der Waals surface area contributed by atoms with Crippen molar-refractivity contribution in [3.63, 3.8) is 0 Å². The maximum atomic E-state index is 5.72. The molecule has 0 radical (unpaired) electrons. The van der Waals surface area contributed by atoms with E-state index in [9.17, 15) is 0 Å². The van der Waals surface area contributed by atoms with Crippen LogP contribution >= 0.6 is 0 Å². The first kappa shape index (κ1) is 14.4. The van der Waals surface area contributed by atoms with E-state index in [1.165, 1.54) is 10.9 Å². The Labute approximate surface area is 145 Å². The van der Waals surface area contributed by atoms with Crippen molar-refractivity contribution < 1.29 is 23.5 Å². The van der Waals surface area contributed by atoms with Gasteiger partial charge in [0.1, 0.15) is 5.75 Å². The molecular weight excluding hydrogens is 318 g/mol. The number of pyridine rings is 1. The van der Waals surface area contributed by atoms with Crippen LogP contribution in [0.5, 0.6) is 23.0 Å². The van der Waals surface area contributed by atoms with Crippen molar-refractivity contribution in [3.05, 3.63) is 42.1 Å². The highest BCUT2D eigenvalue weighted by Gasteiger charge is 2.33. The summed E-state index contributed by atoms with van der Waals surface area (Å²) in [5.41, 5.74) is 3.46. The number of methoxy groups -OCH3 is 2. The molecule has 0 saturated carbocycles. The van der Waals surface area contributed by atoms with Crippen LogP contribution in [0.15, 0.2) is 36.5 Å². The Morgan fingerprint density at radius 1 is 1.00 bits per heavy atom. The number of hydrogen-bond donors (Lipinski definition) is 0. The Morgan fingerprint density at radius 3 is 2.76 bits per heavy atom. The monoisotopic (exact) mass is 336 g/mol. The predicted octanol–water partition coefficient (Wildman–Crippen LogP) is 3.10. The molecule has 5 nitrogen and oxygen atoms in total. The lowest BCUT2D eigenvalue weighted by Gasteiger charge is -2.19. The zero-order valence-electron chi connectivity index (χ0n) is 14.2. The molecule has 126 valence electrons. The van der Waals surface area contributed by atoms with Gasteiger partial charge in [-0.2, -0.15) is 4.57 Å². The van der Waals surface area contributed by atoms with E-state index in [0.717, 1.165) is 46.9 Å². The Morgan fingerprint density at radius 2 is 1.92 bits per heavy atom. The molecule has 0 saturated heterocycles. The summed E-state index contributed by atoms with van der Waals surface area (Å²) in [6.45, 7) is 1.16. The van der Waals surface area contributed by atoms with Gasteiger partial charge in [-0.3, -0.25) is 0 Å². The van der Waals surface area contributed by atoms with Crippen molar-refractivity contribution in [2.75, 3.05) is 21.0 Å². The molecule has 0 spiro atoms. The summed E-state index contributed by atoms with van der Waals surface area (Å²) in [7, 11) is 3.37. The minimum absolute atomic E-state index is 0.242. The molecular formula is C20H18NO4+. The maximum Gasteiger partial charge on any atom is 0.231 e. The standard InChI is InChI=1S/C20H18NO4/c1-22-15-4-3-12-8-16-18-13(5-6-21(16)10-14(12)7-15)9-17-19(20(18)23-2)25-11-24-17/h3-4,7-10H,5-6,11H2,1-2H3/q+1. The molecule has 5 heteroatoms. The van der Waals surface area contributed by atoms with Crippen LogP contribution in [0.25, 0.3) is 22.0 Å². The summed E-state index contributed by atoms with van der Waals surface area (Å²) in [4.78, 5) is 0. The van der Waals surface area contributed by atoms with Crippen molar-refractivity contribution in [3.8, 4) is 34.3 Å². The molecule has 1 aromatic heterocycles. The Bertz CT molecular complexity index is 1010. The molecule has 25 heavy (non-hydrogen) atoms. The van der Waals surface area contributed by atoms with Crippen molar-refractivity contribution in [1.82, 2.24) is 0 Å². The minimum atomic E-state index is 0.242. The fourth-order valence-corrected chi connectivity index (χ4v) is 3.77. The van der Waals surface area contributed by atoms with E-state index in [4.69, 9.17) is 18.9 Å². The van der Waals surface area contributed by atoms with Gasteiger partial charge in [0.25, 0.3) is 0 Å². The van der Waals surface area contributed by atoms with Crippen molar-refractivity contribution in [2.45, 2.75) is 13.0 Å². The Hall–Kier alpha value is -2.95. The lowest BCUT2D eigenvalue weighted by atomic mass is 9.94. The first-order valence-corrected chi connectivity index (χ1v) is 8.29. The first-order valence-electron chi connectivity index (χ1n) is 8.29. The predicted molar refractivity (Wildman–Crippen MR) is 92.5 cm³/mol. The number of rotatable bonds is 2. The highest BCUT2D eigenvalue weighted by molar-refractivity contribution is 5.87. The number of nitrogens with zero attached hydrogens (tertiary/aromatic N) is 1. The smallest absolute Gasteiger partial charge is 0.231 e. The third-order valence-electron chi connectivity index (χ3n) is 4.97. The van der Waals surface area contributed by atoms with Gasteiger partial charge < -0.3 is 18.9 Å². The normalized spacial score (nSPS) is 14.2. The van der Waals surface area contributed by atoms with Crippen molar-refractivity contribution >= 4 is 10.8 Å². The van der Waals surface area contributed by atoms with Gasteiger partial charge in [0.2, 0.25) is 18.2 Å². The number of aryl methyl sites for hydroxylation is 2. The second-order valence-corrected chi connectivity index (χ2v) is 6.27. The molecule has 3 heterocycles. The van der Waals surface area contributed by atoms with Crippen LogP contribution in [0.2, 0.25) is 0 Å². The van der Waals surface area contributed by atoms with Crippen LogP contribution in [0.3, 0.4) is 0 Å². The van der Waals surface area contributed by atoms with Crippen LogP contribution in [-0.4, -0.2) is 21.0 Å². The van der Waals surface area contributed by atoms with E-state index in [-0.39, 0.29) is 6.79 Å². The number of benzene rings is 2. The fourth-order valence-electron chi connectivity index (χ4n) is 3.77. The molecule has 0 amide bonds. The largest absolute Gasteiger partial charge is 0.497 e. The summed E-state index contributed by atoms with van der Waals surface area (Å²) in [6.07, 6.45) is 3.11. The number of aromatic nitrogens is 1. The van der Waals surface area contributed by atoms with Crippen LogP contribution in [0.4, 0.5) is 0 Å². The van der Waals surface area contributed by atoms with E-state index in [0.29, 0.717) is 5.75 Å². The van der Waals surface area contributed by atoms with Gasteiger partial charge in [-0.1, -0.05) is 6.07 Å². The summed E-state index contributed by atoms with van der Waals surface area (Å²) < 4.78 is 24.6. The number of ether oxygens (including phenoxy) is 4. The summed E-state index contributed by atoms with van der Waals surface area (Å²) in [5, 5.41) is 2.32. The summed E-state index contributed by atoms with van der Waals surface area (Å²) in [6, 6.07) is 10.4. The van der Waals surface area contributed by atoms with Gasteiger partial charge in [-0.05, 0) is 29.1 Å². The lowest BCUT2D eigenvalue weighted by Crippen LogP contribution is -2.40. The average Bonchev–Trinajstić information content (AvgIpc) is 3.12. The molecule has 3 aromatic rings. The van der Waals surface area contributed by atoms with Gasteiger partial charge in [0.05, 0.1) is 19.8 Å². The minimum Gasteiger partial charge on any atom is -0.497 e. The molecule has 0 aliphatic carbocycles. The Balaban J connectivity index is 1.78. The highest BCUT2D eigenvalue weighted by atomic mass is 16.7. The molecule has 0 unspecified atom stereocenters. The van der Waals surface area contributed by atoms with E-state index in [1.54, 1.807) is 14.2 Å². The van der Waals surface area contributed by atoms with Crippen molar-refractivity contribution in [2.24, 2.45) is 0 Å². The van der Waals surface area contributed by atoms with E-state index in [1.807, 2.05) is 6.07 Å². The van der Waals surface area contributed by atoms with E-state index in [2.05, 4.69) is 35.0 Å². The molecule has 2 aliphatic rings. The Kier molecular flexibility index (Phi) is 3.04. The molecule has 2 aliphatic heterocycles. The van der Waals surface area contributed by atoms with Gasteiger partial charge in [0.15, 0.2) is 24.2 Å². The van der Waals surface area contributed by atoms with Gasteiger partial charge >= 0.3 is 0 Å². The second-order valence-electron chi connectivity index (χ2n) is 6.27. The van der Waals surface area contributed by atoms with Crippen LogP contribution in [0, 0.1) is 0 Å². The van der Waals surface area contributed by atoms with Crippen LogP contribution in [0.1, 0.15) is 5.56 Å². The number of fused-ring (bicyclic) bond motifs is 5. The van der Waals surface area contributed by atoms with E-state index >= 15 is 0 Å². The zero-order chi connectivity index (χ0) is 17.0. The quantitative estimate of drug-likeness (QED) is 0.674. The van der Waals surface area contributed by atoms with Gasteiger partial charge in [-0.15, -0.1) is 0 Å². The van der Waals surface area contributed by atoms with Gasteiger partial charge in [0, 0.05) is 17.9 Å². The fraction of sp³-hybridized carbons (Fsp3) is 0.250. The summed E-state index contributed by atoms with van der Waals surface area (Å²) >= 11 is 0. The maximum absolute atomic E-state index is 5.72. The topological polar surface area (TPSA) is 40.8 Å². The molecule has 0 atom stereocenters. The van der Waals surface area contributed by atoms with Crippen LogP contribution in [-0.2, 0) is 13.0 Å². The molecule has 0 bridgehead atoms.